The van der Waals surface area contributed by atoms with Crippen LogP contribution in [0.1, 0.15) is 34.7 Å². The van der Waals surface area contributed by atoms with Gasteiger partial charge in [0.1, 0.15) is 32.6 Å². The van der Waals surface area contributed by atoms with Gasteiger partial charge in [-0.3, -0.25) is 4.79 Å². The third-order valence-corrected chi connectivity index (χ3v) is 10.5. The third kappa shape index (κ3) is 5.70. The first-order chi connectivity index (χ1) is 19.7. The summed E-state index contributed by atoms with van der Waals surface area (Å²) in [5, 5.41) is 2.47. The van der Waals surface area contributed by atoms with Gasteiger partial charge in [0.05, 0.1) is 36.1 Å². The van der Waals surface area contributed by atoms with E-state index in [1.54, 1.807) is 27.6 Å². The van der Waals surface area contributed by atoms with E-state index in [1.807, 2.05) is 23.6 Å². The lowest BCUT2D eigenvalue weighted by Crippen LogP contribution is -2.53. The molecule has 7 heterocycles. The van der Waals surface area contributed by atoms with Crippen molar-refractivity contribution in [3.8, 4) is 0 Å². The average molecular weight is 655 g/mol. The van der Waals surface area contributed by atoms with Gasteiger partial charge in [-0.2, -0.15) is 0 Å². The smallest absolute Gasteiger partial charge is 0.320 e. The highest BCUT2D eigenvalue weighted by Gasteiger charge is 2.32. The highest BCUT2D eigenvalue weighted by Crippen LogP contribution is 2.38. The summed E-state index contributed by atoms with van der Waals surface area (Å²) in [4.78, 5) is 50.1. The zero-order valence-corrected chi connectivity index (χ0v) is 26.2. The van der Waals surface area contributed by atoms with Crippen molar-refractivity contribution in [3.05, 3.63) is 43.8 Å². The Balaban J connectivity index is 0.000000156. The second-order valence-corrected chi connectivity index (χ2v) is 13.4. The van der Waals surface area contributed by atoms with Gasteiger partial charge in [0, 0.05) is 35.9 Å². The number of nitrogens with zero attached hydrogens (tertiary/aromatic N) is 7. The van der Waals surface area contributed by atoms with E-state index >= 15 is 0 Å². The molecule has 10 nitrogen and oxygen atoms in total. The van der Waals surface area contributed by atoms with E-state index in [4.69, 9.17) is 39.5 Å². The van der Waals surface area contributed by atoms with E-state index in [0.717, 1.165) is 43.7 Å². The van der Waals surface area contributed by atoms with Gasteiger partial charge in [0.25, 0.3) is 0 Å². The maximum absolute atomic E-state index is 12.9. The van der Waals surface area contributed by atoms with Gasteiger partial charge in [0.2, 0.25) is 0 Å². The van der Waals surface area contributed by atoms with Gasteiger partial charge in [-0.1, -0.05) is 23.2 Å². The minimum absolute atomic E-state index is 0.0801. The zero-order chi connectivity index (χ0) is 28.8. The molecule has 1 saturated heterocycles. The largest absolute Gasteiger partial charge is 0.372 e. The second kappa shape index (κ2) is 11.7. The number of ether oxygens (including phenoxy) is 1. The number of halogens is 3. The molecule has 2 atom stereocenters. The zero-order valence-electron chi connectivity index (χ0n) is 22.3. The first-order valence-corrected chi connectivity index (χ1v) is 15.9. The summed E-state index contributed by atoms with van der Waals surface area (Å²) in [7, 11) is 0. The molecule has 1 fully saturated rings. The van der Waals surface area contributed by atoms with E-state index in [0.29, 0.717) is 49.6 Å². The second-order valence-electron chi connectivity index (χ2n) is 10.2. The highest BCUT2D eigenvalue weighted by molar-refractivity contribution is 7.19. The number of amides is 3. The molecule has 4 aromatic heterocycles. The molecule has 3 amide bonds. The standard InChI is InChI=1S/C16H19ClN4O2S.C10H7Cl2N3OS/c1-9-5-21(6-10(2)23-9)16(22)20-4-3-11-12(7-20)24-15-13(11)14(17)18-8-19-15;11-8-7-5-1-2-15(10(12)16)3-6(5)17-9(7)14-4-13-8/h8-10H,3-7H2,1-2H3;4H,1-3H2/t9-,10-;/m1./s1. The molecule has 0 N–H and O–H groups in total. The molecule has 41 heavy (non-hydrogen) atoms. The van der Waals surface area contributed by atoms with Crippen LogP contribution in [0.15, 0.2) is 12.7 Å². The lowest BCUT2D eigenvalue weighted by molar-refractivity contribution is -0.0585. The summed E-state index contributed by atoms with van der Waals surface area (Å²) < 4.78 is 5.72. The van der Waals surface area contributed by atoms with Gasteiger partial charge < -0.3 is 19.4 Å². The van der Waals surface area contributed by atoms with Crippen LogP contribution in [0.2, 0.25) is 10.3 Å². The Morgan fingerprint density at radius 3 is 1.80 bits per heavy atom. The van der Waals surface area contributed by atoms with Gasteiger partial charge in [0.15, 0.2) is 0 Å². The summed E-state index contributed by atoms with van der Waals surface area (Å²) in [6.45, 7) is 7.79. The minimum atomic E-state index is -0.412. The van der Waals surface area contributed by atoms with E-state index in [9.17, 15) is 9.59 Å². The van der Waals surface area contributed by atoms with Crippen molar-refractivity contribution < 1.29 is 14.3 Å². The first-order valence-electron chi connectivity index (χ1n) is 13.1. The van der Waals surface area contributed by atoms with Crippen LogP contribution in [0.25, 0.3) is 20.4 Å². The minimum Gasteiger partial charge on any atom is -0.372 e. The number of carbonyl (C=O) groups excluding carboxylic acids is 2. The van der Waals surface area contributed by atoms with Crippen molar-refractivity contribution in [2.75, 3.05) is 26.2 Å². The van der Waals surface area contributed by atoms with Crippen LogP contribution in [0, 0.1) is 0 Å². The molecule has 3 aliphatic rings. The monoisotopic (exact) mass is 653 g/mol. The number of aromatic nitrogens is 4. The van der Waals surface area contributed by atoms with Crippen molar-refractivity contribution in [2.24, 2.45) is 0 Å². The van der Waals surface area contributed by atoms with Crippen molar-refractivity contribution in [2.45, 2.75) is 52.0 Å². The number of morpholine rings is 1. The van der Waals surface area contributed by atoms with Crippen molar-refractivity contribution in [1.29, 1.82) is 0 Å². The molecular weight excluding hydrogens is 629 g/mol. The SMILES string of the molecule is C[C@@H]1CN(C(=O)N2CCc3c(sc4ncnc(Cl)c34)C2)C[C@@H](C)O1.O=C(Cl)N1CCc2c(sc3ncnc(Cl)c23)C1. The Labute approximate surface area is 259 Å². The van der Waals surface area contributed by atoms with Gasteiger partial charge in [-0.25, -0.2) is 24.7 Å². The molecule has 4 aromatic rings. The van der Waals surface area contributed by atoms with Crippen LogP contribution >= 0.6 is 57.5 Å². The van der Waals surface area contributed by atoms with Crippen LogP contribution < -0.4 is 0 Å². The summed E-state index contributed by atoms with van der Waals surface area (Å²) >= 11 is 21.0. The normalized spacial score (nSPS) is 20.5. The number of urea groups is 1. The molecule has 0 aromatic carbocycles. The van der Waals surface area contributed by atoms with Crippen molar-refractivity contribution in [1.82, 2.24) is 34.6 Å². The molecule has 0 saturated carbocycles. The Morgan fingerprint density at radius 1 is 0.805 bits per heavy atom. The Morgan fingerprint density at radius 2 is 1.29 bits per heavy atom. The van der Waals surface area contributed by atoms with Gasteiger partial charge in [-0.05, 0) is 49.4 Å². The van der Waals surface area contributed by atoms with Crippen molar-refractivity contribution in [3.63, 3.8) is 0 Å². The summed E-state index contributed by atoms with van der Waals surface area (Å²) in [5.41, 5.74) is 2.36. The molecule has 0 radical (unpaired) electrons. The van der Waals surface area contributed by atoms with Crippen LogP contribution in [-0.2, 0) is 30.7 Å². The maximum atomic E-state index is 12.9. The lowest BCUT2D eigenvalue weighted by atomic mass is 10.1. The number of hydrogen-bond donors (Lipinski definition) is 0. The van der Waals surface area contributed by atoms with E-state index in [-0.39, 0.29) is 18.2 Å². The molecule has 15 heteroatoms. The van der Waals surface area contributed by atoms with E-state index in [2.05, 4.69) is 19.9 Å². The Kier molecular flexibility index (Phi) is 8.23. The fourth-order valence-corrected chi connectivity index (χ4v) is 8.78. The molecule has 3 aliphatic heterocycles. The maximum Gasteiger partial charge on any atom is 0.320 e. The predicted octanol–water partition coefficient (Wildman–Crippen LogP) is 5.99. The van der Waals surface area contributed by atoms with Crippen LogP contribution in [-0.4, -0.2) is 84.4 Å². The molecule has 7 rings (SSSR count). The van der Waals surface area contributed by atoms with Crippen LogP contribution in [0.3, 0.4) is 0 Å². The first kappa shape index (κ1) is 28.8. The quantitative estimate of drug-likeness (QED) is 0.130. The average Bonchev–Trinajstić information content (AvgIpc) is 3.51. The summed E-state index contributed by atoms with van der Waals surface area (Å²) in [5.74, 6) is 0. The number of fused-ring (bicyclic) bond motifs is 6. The van der Waals surface area contributed by atoms with Crippen LogP contribution in [0.5, 0.6) is 0 Å². The van der Waals surface area contributed by atoms with Crippen molar-refractivity contribution >= 4 is 89.3 Å². The highest BCUT2D eigenvalue weighted by atomic mass is 35.5. The van der Waals surface area contributed by atoms with Gasteiger partial charge in [-0.15, -0.1) is 22.7 Å². The summed E-state index contributed by atoms with van der Waals surface area (Å²) in [6, 6.07) is 0.0947. The number of carbonyl (C=O) groups is 2. The van der Waals surface area contributed by atoms with Crippen LogP contribution in [0.4, 0.5) is 9.59 Å². The topological polar surface area (TPSA) is 105 Å². The van der Waals surface area contributed by atoms with Gasteiger partial charge >= 0.3 is 11.4 Å². The fourth-order valence-electron chi connectivity index (χ4n) is 5.63. The molecule has 0 spiro atoms. The molecule has 0 aliphatic carbocycles. The predicted molar refractivity (Wildman–Crippen MR) is 161 cm³/mol. The molecule has 0 unspecified atom stereocenters. The number of hydrogen-bond acceptors (Lipinski definition) is 9. The molecule has 216 valence electrons. The molecule has 0 bridgehead atoms. The Hall–Kier alpha value is -2.35. The third-order valence-electron chi connectivity index (χ3n) is 7.39. The van der Waals surface area contributed by atoms with E-state index < -0.39 is 5.37 Å². The summed E-state index contributed by atoms with van der Waals surface area (Å²) in [6.07, 6.45) is 4.65. The fraction of sp³-hybridized carbons (Fsp3) is 0.462. The van der Waals surface area contributed by atoms with E-state index in [1.165, 1.54) is 23.1 Å². The number of rotatable bonds is 0. The lowest BCUT2D eigenvalue weighted by Gasteiger charge is -2.39. The molecular formula is C26H26Cl3N7O3S2. The number of thiophene rings is 2. The Bertz CT molecular complexity index is 1640.